The van der Waals surface area contributed by atoms with Crippen LogP contribution in [0.2, 0.25) is 0 Å². The number of carbonyl (C=O) groups is 1. The number of rotatable bonds is 8. The molecule has 0 aliphatic carbocycles. The van der Waals surface area contributed by atoms with Gasteiger partial charge in [-0.15, -0.1) is 0 Å². The smallest absolute Gasteiger partial charge is 0.366 e. The van der Waals surface area contributed by atoms with Crippen molar-refractivity contribution >= 4 is 51.9 Å². The largest absolute Gasteiger partial charge is 0.405 e. The zero-order chi connectivity index (χ0) is 22.0. The summed E-state index contributed by atoms with van der Waals surface area (Å²) in [6.07, 6.45) is -2.93. The number of carbonyl (C=O) groups excluding carboxylic acids is 1. The number of halogens is 3. The van der Waals surface area contributed by atoms with E-state index in [1.807, 2.05) is 12.2 Å². The van der Waals surface area contributed by atoms with Crippen LogP contribution in [0.25, 0.3) is 0 Å². The molecule has 1 aromatic carbocycles. The Morgan fingerprint density at radius 3 is 2.21 bits per heavy atom. The average molecular weight is 447 g/mol. The van der Waals surface area contributed by atoms with E-state index >= 15 is 0 Å². The van der Waals surface area contributed by atoms with E-state index < -0.39 is 18.6 Å². The van der Waals surface area contributed by atoms with Crippen LogP contribution in [-0.2, 0) is 0 Å². The van der Waals surface area contributed by atoms with E-state index in [1.165, 1.54) is 12.1 Å². The van der Waals surface area contributed by atoms with Gasteiger partial charge in [0.1, 0.15) is 12.3 Å². The summed E-state index contributed by atoms with van der Waals surface area (Å²) in [6.45, 7) is 2.31. The molecule has 12 heteroatoms. The van der Waals surface area contributed by atoms with Crippen molar-refractivity contribution in [3.63, 3.8) is 0 Å². The monoisotopic (exact) mass is 446 g/mol. The molecule has 0 fully saturated rings. The van der Waals surface area contributed by atoms with Gasteiger partial charge in [0.05, 0.1) is 10.7 Å². The Hall–Kier alpha value is -2.60. The number of hydrazone groups is 2. The standard InChI is InChI=1S/C17H21F3N6OS2/c1-3-4-13(28)24-23-10(2)14(11-5-7-12(8-6-11)15(21)27)25-26-16(29)22-9-17(18,19)20/h5-8H,3-4,9H2,1-2H3,(H2,21,27)(H,24,28)(H2,22,26,29). The van der Waals surface area contributed by atoms with Crippen molar-refractivity contribution in [2.45, 2.75) is 32.9 Å². The van der Waals surface area contributed by atoms with E-state index in [1.54, 1.807) is 19.1 Å². The van der Waals surface area contributed by atoms with Crippen LogP contribution >= 0.6 is 24.4 Å². The number of thiocarbonyl (C=S) groups is 2. The molecule has 0 bridgehead atoms. The summed E-state index contributed by atoms with van der Waals surface area (Å²) >= 11 is 9.94. The highest BCUT2D eigenvalue weighted by Gasteiger charge is 2.27. The molecule has 158 valence electrons. The van der Waals surface area contributed by atoms with Gasteiger partial charge in [0.15, 0.2) is 5.11 Å². The summed E-state index contributed by atoms with van der Waals surface area (Å²) in [7, 11) is 0. The van der Waals surface area contributed by atoms with Gasteiger partial charge < -0.3 is 11.1 Å². The van der Waals surface area contributed by atoms with Crippen LogP contribution in [0.15, 0.2) is 34.5 Å². The zero-order valence-corrected chi connectivity index (χ0v) is 17.4. The number of nitrogens with two attached hydrogens (primary N) is 1. The summed E-state index contributed by atoms with van der Waals surface area (Å²) < 4.78 is 36.9. The van der Waals surface area contributed by atoms with Crippen LogP contribution in [-0.4, -0.2) is 40.2 Å². The number of nitrogens with zero attached hydrogens (tertiary/aromatic N) is 2. The van der Waals surface area contributed by atoms with E-state index in [9.17, 15) is 18.0 Å². The fraction of sp³-hybridized carbons (Fsp3) is 0.353. The summed E-state index contributed by atoms with van der Waals surface area (Å²) in [6, 6.07) is 6.15. The number of hydrogen-bond donors (Lipinski definition) is 4. The van der Waals surface area contributed by atoms with Crippen LogP contribution < -0.4 is 21.9 Å². The van der Waals surface area contributed by atoms with E-state index in [0.29, 0.717) is 28.2 Å². The maximum Gasteiger partial charge on any atom is 0.405 e. The first-order chi connectivity index (χ1) is 13.5. The minimum absolute atomic E-state index is 0.281. The molecule has 1 rings (SSSR count). The van der Waals surface area contributed by atoms with Crippen molar-refractivity contribution in [1.82, 2.24) is 16.2 Å². The van der Waals surface area contributed by atoms with Gasteiger partial charge in [-0.2, -0.15) is 23.4 Å². The summed E-state index contributed by atoms with van der Waals surface area (Å²) in [5.41, 5.74) is 11.8. The molecule has 0 saturated carbocycles. The summed E-state index contributed by atoms with van der Waals surface area (Å²) in [5.74, 6) is -0.595. The Labute approximate surface area is 177 Å². The molecule has 0 heterocycles. The molecule has 29 heavy (non-hydrogen) atoms. The van der Waals surface area contributed by atoms with Gasteiger partial charge in [-0.05, 0) is 44.1 Å². The highest BCUT2D eigenvalue weighted by atomic mass is 32.1. The molecule has 0 saturated heterocycles. The quantitative estimate of drug-likeness (QED) is 0.278. The highest BCUT2D eigenvalue weighted by molar-refractivity contribution is 7.80. The molecule has 5 N–H and O–H groups in total. The molecule has 0 aliphatic heterocycles. The first-order valence-corrected chi connectivity index (χ1v) is 9.27. The van der Waals surface area contributed by atoms with Gasteiger partial charge in [-0.3, -0.25) is 15.6 Å². The molecule has 0 spiro atoms. The molecule has 0 aromatic heterocycles. The van der Waals surface area contributed by atoms with Crippen molar-refractivity contribution in [2.75, 3.05) is 6.54 Å². The Balaban J connectivity index is 3.07. The fourth-order valence-electron chi connectivity index (χ4n) is 1.96. The van der Waals surface area contributed by atoms with E-state index in [2.05, 4.69) is 21.1 Å². The second-order valence-electron chi connectivity index (χ2n) is 5.79. The number of primary amides is 1. The molecular formula is C17H21F3N6OS2. The van der Waals surface area contributed by atoms with Crippen LogP contribution in [0.5, 0.6) is 0 Å². The van der Waals surface area contributed by atoms with Crippen LogP contribution in [0.3, 0.4) is 0 Å². The van der Waals surface area contributed by atoms with Gasteiger partial charge in [-0.1, -0.05) is 31.3 Å². The topological polar surface area (TPSA) is 104 Å². The minimum atomic E-state index is -4.42. The molecule has 7 nitrogen and oxygen atoms in total. The summed E-state index contributed by atoms with van der Waals surface area (Å²) in [4.78, 5) is 11.8. The third-order valence-electron chi connectivity index (χ3n) is 3.33. The maximum atomic E-state index is 12.3. The number of alkyl halides is 3. The van der Waals surface area contributed by atoms with Crippen LogP contribution in [0.4, 0.5) is 13.2 Å². The van der Waals surface area contributed by atoms with Crippen LogP contribution in [0, 0.1) is 0 Å². The molecule has 1 aromatic rings. The SMILES string of the molecule is CCCC(=S)NN=C(C)C(=NNC(=S)NCC(F)(F)F)c1ccc(C(N)=O)cc1. The number of hydrogen-bond acceptors (Lipinski definition) is 5. The average Bonchev–Trinajstić information content (AvgIpc) is 2.65. The molecule has 0 unspecified atom stereocenters. The fourth-order valence-corrected chi connectivity index (χ4v) is 2.32. The Bertz CT molecular complexity index is 806. The number of nitrogens with one attached hydrogen (secondary N) is 3. The van der Waals surface area contributed by atoms with Crippen LogP contribution in [0.1, 0.15) is 42.6 Å². The lowest BCUT2D eigenvalue weighted by Gasteiger charge is -2.12. The lowest BCUT2D eigenvalue weighted by atomic mass is 10.0. The third kappa shape index (κ3) is 9.43. The first-order valence-electron chi connectivity index (χ1n) is 8.45. The third-order valence-corrected chi connectivity index (χ3v) is 3.86. The first kappa shape index (κ1) is 24.4. The van der Waals surface area contributed by atoms with Crippen molar-refractivity contribution in [1.29, 1.82) is 0 Å². The van der Waals surface area contributed by atoms with Crippen molar-refractivity contribution < 1.29 is 18.0 Å². The Morgan fingerprint density at radius 1 is 1.10 bits per heavy atom. The van der Waals surface area contributed by atoms with Gasteiger partial charge in [0, 0.05) is 11.1 Å². The van der Waals surface area contributed by atoms with Crippen molar-refractivity contribution in [3.05, 3.63) is 35.4 Å². The molecule has 0 radical (unpaired) electrons. The van der Waals surface area contributed by atoms with Gasteiger partial charge >= 0.3 is 6.18 Å². The van der Waals surface area contributed by atoms with E-state index in [0.717, 1.165) is 6.42 Å². The van der Waals surface area contributed by atoms with E-state index in [4.69, 9.17) is 30.2 Å². The van der Waals surface area contributed by atoms with E-state index in [-0.39, 0.29) is 10.8 Å². The lowest BCUT2D eigenvalue weighted by molar-refractivity contribution is -0.122. The predicted octanol–water partition coefficient (Wildman–Crippen LogP) is 2.61. The Kier molecular flexibility index (Phi) is 9.62. The second-order valence-corrected chi connectivity index (χ2v) is 6.69. The number of benzene rings is 1. The second kappa shape index (κ2) is 11.4. The predicted molar refractivity (Wildman–Crippen MR) is 115 cm³/mol. The lowest BCUT2D eigenvalue weighted by Crippen LogP contribution is -2.39. The molecule has 1 amide bonds. The van der Waals surface area contributed by atoms with Gasteiger partial charge in [-0.25, -0.2) is 0 Å². The normalized spacial score (nSPS) is 12.3. The van der Waals surface area contributed by atoms with Gasteiger partial charge in [0.25, 0.3) is 0 Å². The minimum Gasteiger partial charge on any atom is -0.366 e. The zero-order valence-electron chi connectivity index (χ0n) is 15.8. The van der Waals surface area contributed by atoms with Gasteiger partial charge in [0.2, 0.25) is 5.91 Å². The van der Waals surface area contributed by atoms with Crippen molar-refractivity contribution in [2.24, 2.45) is 15.9 Å². The Morgan fingerprint density at radius 2 is 1.69 bits per heavy atom. The van der Waals surface area contributed by atoms with Crippen molar-refractivity contribution in [3.8, 4) is 0 Å². The molecular weight excluding hydrogens is 425 g/mol. The molecule has 0 atom stereocenters. The number of amides is 1. The molecule has 0 aliphatic rings. The maximum absolute atomic E-state index is 12.3. The summed E-state index contributed by atoms with van der Waals surface area (Å²) in [5, 5.41) is 9.92. The highest BCUT2D eigenvalue weighted by Crippen LogP contribution is 2.12.